The van der Waals surface area contributed by atoms with Crippen LogP contribution in [0.2, 0.25) is 0 Å². The van der Waals surface area contributed by atoms with E-state index in [2.05, 4.69) is 5.32 Å². The van der Waals surface area contributed by atoms with Gasteiger partial charge in [0.05, 0.1) is 6.54 Å². The number of nitrogens with one attached hydrogen (secondary N) is 1. The van der Waals surface area contributed by atoms with Crippen LogP contribution in [0, 0.1) is 0 Å². The molecule has 1 aromatic heterocycles. The molecule has 7 nitrogen and oxygen atoms in total. The van der Waals surface area contributed by atoms with E-state index in [-0.39, 0.29) is 12.8 Å². The number of rotatable bonds is 8. The second-order valence-corrected chi connectivity index (χ2v) is 5.47. The van der Waals surface area contributed by atoms with Gasteiger partial charge < -0.3 is 21.1 Å². The van der Waals surface area contributed by atoms with Gasteiger partial charge in [0.15, 0.2) is 0 Å². The van der Waals surface area contributed by atoms with Gasteiger partial charge in [-0.15, -0.1) is 11.3 Å². The van der Waals surface area contributed by atoms with Gasteiger partial charge in [0, 0.05) is 17.8 Å². The minimum absolute atomic E-state index is 0.0209. The minimum Gasteiger partial charge on any atom is -0.480 e. The van der Waals surface area contributed by atoms with Crippen LogP contribution in [-0.2, 0) is 16.1 Å². The molecular formula is C13H19N3O4S. The summed E-state index contributed by atoms with van der Waals surface area (Å²) in [6.45, 7) is 2.68. The molecule has 0 unspecified atom stereocenters. The molecule has 0 aliphatic rings. The van der Waals surface area contributed by atoms with Crippen LogP contribution in [0.15, 0.2) is 17.5 Å². The van der Waals surface area contributed by atoms with Crippen LogP contribution in [0.1, 0.15) is 24.6 Å². The van der Waals surface area contributed by atoms with Gasteiger partial charge in [-0.1, -0.05) is 6.07 Å². The van der Waals surface area contributed by atoms with Crippen LogP contribution in [-0.4, -0.2) is 40.5 Å². The summed E-state index contributed by atoms with van der Waals surface area (Å²) in [6.07, 6.45) is -0.110. The summed E-state index contributed by atoms with van der Waals surface area (Å²) < 4.78 is 0. The smallest absolute Gasteiger partial charge is 0.326 e. The Labute approximate surface area is 126 Å². The van der Waals surface area contributed by atoms with E-state index in [1.165, 1.54) is 16.2 Å². The van der Waals surface area contributed by atoms with E-state index in [4.69, 9.17) is 10.8 Å². The summed E-state index contributed by atoms with van der Waals surface area (Å²) in [4.78, 5) is 36.4. The SMILES string of the molecule is CCN(Cc1cccs1)C(=O)N[C@H](CCC(N)=O)C(=O)O. The van der Waals surface area contributed by atoms with E-state index in [1.807, 2.05) is 24.4 Å². The standard InChI is InChI=1S/C13H19N3O4S/c1-2-16(8-9-4-3-7-21-9)13(20)15-10(12(18)19)5-6-11(14)17/h3-4,7,10H,2,5-6,8H2,1H3,(H2,14,17)(H,15,20)(H,18,19)/t10-/m1/s1. The Morgan fingerprint density at radius 3 is 2.67 bits per heavy atom. The van der Waals surface area contributed by atoms with Crippen molar-refractivity contribution in [3.05, 3.63) is 22.4 Å². The molecule has 3 amide bonds. The quantitative estimate of drug-likeness (QED) is 0.664. The molecule has 8 heteroatoms. The van der Waals surface area contributed by atoms with Crippen LogP contribution in [0.4, 0.5) is 4.79 Å². The minimum atomic E-state index is -1.18. The van der Waals surface area contributed by atoms with Crippen molar-refractivity contribution in [2.75, 3.05) is 6.54 Å². The number of amides is 3. The maximum absolute atomic E-state index is 12.1. The number of primary amides is 1. The predicted octanol–water partition coefficient (Wildman–Crippen LogP) is 0.998. The van der Waals surface area contributed by atoms with E-state index < -0.39 is 23.9 Å². The van der Waals surface area contributed by atoms with Gasteiger partial charge in [-0.25, -0.2) is 9.59 Å². The van der Waals surface area contributed by atoms with E-state index in [1.54, 1.807) is 0 Å². The number of carbonyl (C=O) groups excluding carboxylic acids is 2. The molecule has 0 aromatic carbocycles. The molecule has 1 rings (SSSR count). The third-order valence-corrected chi connectivity index (χ3v) is 3.73. The monoisotopic (exact) mass is 313 g/mol. The normalized spacial score (nSPS) is 11.7. The number of hydrogen-bond donors (Lipinski definition) is 3. The van der Waals surface area contributed by atoms with Gasteiger partial charge in [0.25, 0.3) is 0 Å². The highest BCUT2D eigenvalue weighted by molar-refractivity contribution is 7.09. The maximum Gasteiger partial charge on any atom is 0.326 e. The summed E-state index contributed by atoms with van der Waals surface area (Å²) in [5, 5.41) is 13.4. The second kappa shape index (κ2) is 8.25. The fraction of sp³-hybridized carbons (Fsp3) is 0.462. The number of nitrogens with zero attached hydrogens (tertiary/aromatic N) is 1. The second-order valence-electron chi connectivity index (χ2n) is 4.44. The third kappa shape index (κ3) is 5.82. The fourth-order valence-electron chi connectivity index (χ4n) is 1.70. The number of nitrogens with two attached hydrogens (primary N) is 1. The van der Waals surface area contributed by atoms with Gasteiger partial charge in [0.2, 0.25) is 5.91 Å². The fourth-order valence-corrected chi connectivity index (χ4v) is 2.42. The first-order valence-corrected chi connectivity index (χ1v) is 7.41. The van der Waals surface area contributed by atoms with E-state index in [9.17, 15) is 14.4 Å². The molecule has 0 saturated carbocycles. The molecule has 1 aromatic rings. The molecule has 0 fully saturated rings. The first-order valence-electron chi connectivity index (χ1n) is 6.53. The maximum atomic E-state index is 12.1. The average Bonchev–Trinajstić information content (AvgIpc) is 2.92. The average molecular weight is 313 g/mol. The van der Waals surface area contributed by atoms with Gasteiger partial charge in [0.1, 0.15) is 6.04 Å². The Kier molecular flexibility index (Phi) is 6.67. The lowest BCUT2D eigenvalue weighted by molar-refractivity contribution is -0.139. The van der Waals surface area contributed by atoms with Crippen LogP contribution in [0.5, 0.6) is 0 Å². The Balaban J connectivity index is 2.61. The zero-order valence-electron chi connectivity index (χ0n) is 11.7. The highest BCUT2D eigenvalue weighted by atomic mass is 32.1. The Bertz CT molecular complexity index is 490. The topological polar surface area (TPSA) is 113 Å². The molecule has 21 heavy (non-hydrogen) atoms. The molecule has 0 bridgehead atoms. The number of hydrogen-bond acceptors (Lipinski definition) is 4. The molecule has 0 aliphatic heterocycles. The number of carboxylic acids is 1. The van der Waals surface area contributed by atoms with Crippen molar-refractivity contribution in [2.45, 2.75) is 32.4 Å². The van der Waals surface area contributed by atoms with Crippen LogP contribution in [0.3, 0.4) is 0 Å². The van der Waals surface area contributed by atoms with Crippen molar-refractivity contribution in [1.82, 2.24) is 10.2 Å². The van der Waals surface area contributed by atoms with Crippen LogP contribution >= 0.6 is 11.3 Å². The number of carbonyl (C=O) groups is 3. The van der Waals surface area contributed by atoms with Gasteiger partial charge in [-0.2, -0.15) is 0 Å². The zero-order valence-corrected chi connectivity index (χ0v) is 12.6. The van der Waals surface area contributed by atoms with E-state index >= 15 is 0 Å². The van der Waals surface area contributed by atoms with Gasteiger partial charge in [-0.05, 0) is 24.8 Å². The summed E-state index contributed by atoms with van der Waals surface area (Å²) in [7, 11) is 0. The van der Waals surface area contributed by atoms with Crippen molar-refractivity contribution in [3.63, 3.8) is 0 Å². The Hall–Kier alpha value is -2.09. The van der Waals surface area contributed by atoms with Crippen molar-refractivity contribution in [1.29, 1.82) is 0 Å². The Morgan fingerprint density at radius 2 is 2.19 bits per heavy atom. The van der Waals surface area contributed by atoms with Crippen molar-refractivity contribution in [3.8, 4) is 0 Å². The molecule has 0 saturated heterocycles. The zero-order chi connectivity index (χ0) is 15.8. The lowest BCUT2D eigenvalue weighted by Crippen LogP contribution is -2.47. The van der Waals surface area contributed by atoms with Crippen molar-refractivity contribution in [2.24, 2.45) is 5.73 Å². The number of aliphatic carboxylic acids is 1. The largest absolute Gasteiger partial charge is 0.480 e. The molecule has 1 atom stereocenters. The van der Waals surface area contributed by atoms with E-state index in [0.29, 0.717) is 13.1 Å². The van der Waals surface area contributed by atoms with Gasteiger partial charge >= 0.3 is 12.0 Å². The number of thiophene rings is 1. The van der Waals surface area contributed by atoms with Gasteiger partial charge in [-0.3, -0.25) is 4.79 Å². The summed E-state index contributed by atoms with van der Waals surface area (Å²) in [5.74, 6) is -1.78. The van der Waals surface area contributed by atoms with Crippen LogP contribution < -0.4 is 11.1 Å². The molecule has 1 heterocycles. The summed E-state index contributed by atoms with van der Waals surface area (Å²) in [6, 6.07) is 2.20. The van der Waals surface area contributed by atoms with Crippen molar-refractivity contribution >= 4 is 29.2 Å². The first kappa shape index (κ1) is 17.0. The molecule has 116 valence electrons. The Morgan fingerprint density at radius 1 is 1.48 bits per heavy atom. The summed E-state index contributed by atoms with van der Waals surface area (Å²) >= 11 is 1.52. The molecule has 0 spiro atoms. The predicted molar refractivity (Wildman–Crippen MR) is 78.8 cm³/mol. The number of urea groups is 1. The number of carboxylic acid groups (broad SMARTS) is 1. The summed E-state index contributed by atoms with van der Waals surface area (Å²) in [5.41, 5.74) is 4.99. The molecule has 0 aliphatic carbocycles. The molecule has 0 radical (unpaired) electrons. The van der Waals surface area contributed by atoms with E-state index in [0.717, 1.165) is 4.88 Å². The molecule has 4 N–H and O–H groups in total. The lowest BCUT2D eigenvalue weighted by atomic mass is 10.1. The first-order chi connectivity index (χ1) is 9.93. The van der Waals surface area contributed by atoms with Crippen molar-refractivity contribution < 1.29 is 19.5 Å². The lowest BCUT2D eigenvalue weighted by Gasteiger charge is -2.23. The molecular weight excluding hydrogens is 294 g/mol. The highest BCUT2D eigenvalue weighted by Crippen LogP contribution is 2.12. The van der Waals surface area contributed by atoms with Crippen LogP contribution in [0.25, 0.3) is 0 Å². The third-order valence-electron chi connectivity index (χ3n) is 2.87. The highest BCUT2D eigenvalue weighted by Gasteiger charge is 2.23.